The molecule has 0 aromatic rings. The maximum Gasteiger partial charge on any atom is 0.303 e. The SMILES string of the molecule is CCCCC[C@](C)(O)/C=C/[C@@H]1[C@H](C/C=C\CCCC(=O)O)[C@@H](O)C[C@H]1O. The largest absolute Gasteiger partial charge is 0.481 e. The summed E-state index contributed by atoms with van der Waals surface area (Å²) >= 11 is 0. The number of aliphatic hydroxyl groups is 3. The van der Waals surface area contributed by atoms with Crippen LogP contribution < -0.4 is 0 Å². The van der Waals surface area contributed by atoms with Crippen molar-refractivity contribution in [1.29, 1.82) is 0 Å². The highest BCUT2D eigenvalue weighted by atomic mass is 16.4. The number of rotatable bonds is 12. The van der Waals surface area contributed by atoms with Crippen molar-refractivity contribution in [1.82, 2.24) is 0 Å². The van der Waals surface area contributed by atoms with Gasteiger partial charge in [0.05, 0.1) is 17.8 Å². The van der Waals surface area contributed by atoms with Crippen LogP contribution in [-0.4, -0.2) is 44.2 Å². The smallest absolute Gasteiger partial charge is 0.303 e. The summed E-state index contributed by atoms with van der Waals surface area (Å²) in [6.45, 7) is 3.91. The van der Waals surface area contributed by atoms with Crippen molar-refractivity contribution in [3.05, 3.63) is 24.3 Å². The Hall–Kier alpha value is -1.17. The summed E-state index contributed by atoms with van der Waals surface area (Å²) < 4.78 is 0. The van der Waals surface area contributed by atoms with Crippen LogP contribution in [0.25, 0.3) is 0 Å². The van der Waals surface area contributed by atoms with Gasteiger partial charge in [-0.05, 0) is 38.5 Å². The molecule has 5 heteroatoms. The minimum atomic E-state index is -0.889. The molecular weight excluding hydrogens is 332 g/mol. The fraction of sp³-hybridized carbons (Fsp3) is 0.762. The van der Waals surface area contributed by atoms with Gasteiger partial charge in [0.2, 0.25) is 0 Å². The molecule has 5 atom stereocenters. The van der Waals surface area contributed by atoms with E-state index in [2.05, 4.69) is 6.92 Å². The van der Waals surface area contributed by atoms with Crippen molar-refractivity contribution < 1.29 is 25.2 Å². The Labute approximate surface area is 157 Å². The van der Waals surface area contributed by atoms with Crippen LogP contribution >= 0.6 is 0 Å². The molecule has 0 saturated heterocycles. The van der Waals surface area contributed by atoms with Gasteiger partial charge in [-0.15, -0.1) is 0 Å². The van der Waals surface area contributed by atoms with Crippen LogP contribution in [0.15, 0.2) is 24.3 Å². The average Bonchev–Trinajstić information content (AvgIpc) is 2.82. The van der Waals surface area contributed by atoms with Gasteiger partial charge in [-0.25, -0.2) is 0 Å². The summed E-state index contributed by atoms with van der Waals surface area (Å²) in [6, 6.07) is 0. The maximum absolute atomic E-state index is 10.5. The standard InChI is InChI=1S/C21H36O5/c1-3-4-9-13-21(2,26)14-12-17-16(18(22)15-19(17)23)10-7-5-6-8-11-20(24)25/h5,7,12,14,16-19,22-23,26H,3-4,6,8-11,13,15H2,1-2H3,(H,24,25)/b7-5-,14-12+/t16-,17+,18-,19+,21-/m0/s1. The van der Waals surface area contributed by atoms with E-state index in [1.807, 2.05) is 18.2 Å². The van der Waals surface area contributed by atoms with Crippen LogP contribution in [-0.2, 0) is 4.79 Å². The Morgan fingerprint density at radius 1 is 1.15 bits per heavy atom. The van der Waals surface area contributed by atoms with Gasteiger partial charge in [-0.2, -0.15) is 0 Å². The fourth-order valence-electron chi connectivity index (χ4n) is 3.58. The Kier molecular flexibility index (Phi) is 10.1. The average molecular weight is 369 g/mol. The normalized spacial score (nSPS) is 28.8. The van der Waals surface area contributed by atoms with Crippen molar-refractivity contribution in [2.45, 2.75) is 89.4 Å². The molecule has 4 N–H and O–H groups in total. The minimum Gasteiger partial charge on any atom is -0.481 e. The lowest BCUT2D eigenvalue weighted by atomic mass is 9.88. The molecule has 0 radical (unpaired) electrons. The second-order valence-corrected chi connectivity index (χ2v) is 7.78. The molecule has 26 heavy (non-hydrogen) atoms. The van der Waals surface area contributed by atoms with E-state index in [-0.39, 0.29) is 18.3 Å². The first kappa shape index (κ1) is 22.9. The molecule has 1 saturated carbocycles. The molecule has 0 aromatic carbocycles. The quantitative estimate of drug-likeness (QED) is 0.312. The monoisotopic (exact) mass is 368 g/mol. The Morgan fingerprint density at radius 2 is 1.88 bits per heavy atom. The Morgan fingerprint density at radius 3 is 2.54 bits per heavy atom. The van der Waals surface area contributed by atoms with E-state index in [4.69, 9.17) is 5.11 Å². The number of aliphatic carboxylic acids is 1. The zero-order chi connectivity index (χ0) is 19.6. The van der Waals surface area contributed by atoms with Crippen LogP contribution in [0.2, 0.25) is 0 Å². The third-order valence-electron chi connectivity index (χ3n) is 5.22. The molecule has 1 rings (SSSR count). The molecule has 0 heterocycles. The van der Waals surface area contributed by atoms with Crippen molar-refractivity contribution in [2.75, 3.05) is 0 Å². The molecule has 0 spiro atoms. The van der Waals surface area contributed by atoms with E-state index in [0.29, 0.717) is 32.1 Å². The van der Waals surface area contributed by atoms with Crippen molar-refractivity contribution in [3.8, 4) is 0 Å². The molecule has 0 bridgehead atoms. The second kappa shape index (κ2) is 11.5. The van der Waals surface area contributed by atoms with Crippen LogP contribution in [0, 0.1) is 11.8 Å². The summed E-state index contributed by atoms with van der Waals surface area (Å²) in [5.74, 6) is -1.04. The van der Waals surface area contributed by atoms with Crippen molar-refractivity contribution in [2.24, 2.45) is 11.8 Å². The first-order valence-electron chi connectivity index (χ1n) is 9.91. The topological polar surface area (TPSA) is 98.0 Å². The first-order chi connectivity index (χ1) is 12.3. The van der Waals surface area contributed by atoms with Gasteiger partial charge in [-0.3, -0.25) is 4.79 Å². The minimum absolute atomic E-state index is 0.0802. The van der Waals surface area contributed by atoms with Crippen molar-refractivity contribution in [3.63, 3.8) is 0 Å². The molecule has 150 valence electrons. The molecule has 0 aliphatic heterocycles. The lowest BCUT2D eigenvalue weighted by molar-refractivity contribution is -0.137. The van der Waals surface area contributed by atoms with Crippen LogP contribution in [0.3, 0.4) is 0 Å². The highest BCUT2D eigenvalue weighted by Gasteiger charge is 2.39. The summed E-state index contributed by atoms with van der Waals surface area (Å²) in [6.07, 6.45) is 12.7. The number of carboxylic acids is 1. The molecular formula is C21H36O5. The third kappa shape index (κ3) is 8.47. The maximum atomic E-state index is 10.5. The predicted octanol–water partition coefficient (Wildman–Crippen LogP) is 3.43. The van der Waals surface area contributed by atoms with Gasteiger partial charge in [0.25, 0.3) is 0 Å². The van der Waals surface area contributed by atoms with Crippen LogP contribution in [0.5, 0.6) is 0 Å². The van der Waals surface area contributed by atoms with Gasteiger partial charge in [0.15, 0.2) is 0 Å². The number of carboxylic acid groups (broad SMARTS) is 1. The van der Waals surface area contributed by atoms with E-state index in [1.54, 1.807) is 13.0 Å². The number of hydrogen-bond acceptors (Lipinski definition) is 4. The lowest BCUT2D eigenvalue weighted by Gasteiger charge is -2.23. The molecule has 0 aromatic heterocycles. The molecule has 5 nitrogen and oxygen atoms in total. The second-order valence-electron chi connectivity index (χ2n) is 7.78. The van der Waals surface area contributed by atoms with Gasteiger partial charge in [0, 0.05) is 18.8 Å². The van der Waals surface area contributed by atoms with Crippen LogP contribution in [0.1, 0.15) is 71.6 Å². The Balaban J connectivity index is 2.56. The molecule has 1 aliphatic carbocycles. The summed E-state index contributed by atoms with van der Waals surface area (Å²) in [7, 11) is 0. The molecule has 0 unspecified atom stereocenters. The van der Waals surface area contributed by atoms with E-state index in [9.17, 15) is 20.1 Å². The van der Waals surface area contributed by atoms with E-state index < -0.39 is 23.8 Å². The lowest BCUT2D eigenvalue weighted by Crippen LogP contribution is -2.24. The van der Waals surface area contributed by atoms with Gasteiger partial charge < -0.3 is 20.4 Å². The number of unbranched alkanes of at least 4 members (excludes halogenated alkanes) is 3. The van der Waals surface area contributed by atoms with Crippen LogP contribution in [0.4, 0.5) is 0 Å². The molecule has 0 amide bonds. The highest BCUT2D eigenvalue weighted by Crippen LogP contribution is 2.37. The predicted molar refractivity (Wildman–Crippen MR) is 103 cm³/mol. The van der Waals surface area contributed by atoms with E-state index in [1.165, 1.54) is 0 Å². The highest BCUT2D eigenvalue weighted by molar-refractivity contribution is 5.66. The Bertz CT molecular complexity index is 469. The van der Waals surface area contributed by atoms with Crippen molar-refractivity contribution >= 4 is 5.97 Å². The van der Waals surface area contributed by atoms with Gasteiger partial charge >= 0.3 is 5.97 Å². The molecule has 1 fully saturated rings. The summed E-state index contributed by atoms with van der Waals surface area (Å²) in [5.41, 5.74) is -0.889. The summed E-state index contributed by atoms with van der Waals surface area (Å²) in [4.78, 5) is 10.5. The number of aliphatic hydroxyl groups excluding tert-OH is 2. The third-order valence-corrected chi connectivity index (χ3v) is 5.22. The molecule has 1 aliphatic rings. The van der Waals surface area contributed by atoms with Gasteiger partial charge in [0.1, 0.15) is 0 Å². The fourth-order valence-corrected chi connectivity index (χ4v) is 3.58. The van der Waals surface area contributed by atoms with Gasteiger partial charge in [-0.1, -0.05) is 50.5 Å². The summed E-state index contributed by atoms with van der Waals surface area (Å²) in [5, 5.41) is 39.6. The number of carbonyl (C=O) groups is 1. The zero-order valence-electron chi connectivity index (χ0n) is 16.2. The van der Waals surface area contributed by atoms with E-state index in [0.717, 1.165) is 19.3 Å². The first-order valence-corrected chi connectivity index (χ1v) is 9.91. The number of allylic oxidation sites excluding steroid dienone is 2. The van der Waals surface area contributed by atoms with E-state index >= 15 is 0 Å². The number of hydrogen-bond donors (Lipinski definition) is 4. The zero-order valence-corrected chi connectivity index (χ0v) is 16.2.